The number of aromatic hydroxyl groups is 1. The van der Waals surface area contributed by atoms with Gasteiger partial charge in [-0.05, 0) is 56.4 Å². The quantitative estimate of drug-likeness (QED) is 0.261. The molecule has 3 N–H and O–H groups in total. The topological polar surface area (TPSA) is 69.1 Å². The van der Waals surface area contributed by atoms with Gasteiger partial charge in [-0.1, -0.05) is 36.4 Å². The van der Waals surface area contributed by atoms with Crippen LogP contribution in [-0.4, -0.2) is 54.8 Å². The summed E-state index contributed by atoms with van der Waals surface area (Å²) in [6.07, 6.45) is 3.00. The standard InChI is InChI=1S/C25H36N4O2.HI/c1-4-26-25(27-14-12-20-10-11-23(30)24(17-20)31-3)28-22-13-15-29(19(2)16-22)18-21-8-6-5-7-9-21;/h5-11,17,19,22,30H,4,12-16,18H2,1-3H3,(H2,26,27,28);1H. The number of methoxy groups -OCH3 is 1. The number of rotatable bonds is 8. The molecule has 1 aliphatic rings. The minimum Gasteiger partial charge on any atom is -0.504 e. The summed E-state index contributed by atoms with van der Waals surface area (Å²) in [6, 6.07) is 17.1. The van der Waals surface area contributed by atoms with Crippen LogP contribution in [0.2, 0.25) is 0 Å². The summed E-state index contributed by atoms with van der Waals surface area (Å²) in [5, 5.41) is 16.8. The van der Waals surface area contributed by atoms with Gasteiger partial charge in [0.25, 0.3) is 0 Å². The minimum absolute atomic E-state index is 0. The fourth-order valence-corrected chi connectivity index (χ4v) is 4.09. The molecule has 0 spiro atoms. The van der Waals surface area contributed by atoms with Crippen LogP contribution >= 0.6 is 24.0 Å². The lowest BCUT2D eigenvalue weighted by Crippen LogP contribution is -2.51. The highest BCUT2D eigenvalue weighted by Gasteiger charge is 2.25. The third kappa shape index (κ3) is 7.85. The average Bonchev–Trinajstić information content (AvgIpc) is 2.77. The number of phenols is 1. The monoisotopic (exact) mass is 552 g/mol. The maximum absolute atomic E-state index is 9.75. The van der Waals surface area contributed by atoms with Gasteiger partial charge >= 0.3 is 0 Å². The summed E-state index contributed by atoms with van der Waals surface area (Å²) in [5.74, 6) is 1.54. The number of piperidine rings is 1. The predicted molar refractivity (Wildman–Crippen MR) is 142 cm³/mol. The molecule has 1 saturated heterocycles. The number of hydrogen-bond donors (Lipinski definition) is 3. The van der Waals surface area contributed by atoms with Gasteiger partial charge in [0.15, 0.2) is 17.5 Å². The van der Waals surface area contributed by atoms with Crippen molar-refractivity contribution in [3.63, 3.8) is 0 Å². The highest BCUT2D eigenvalue weighted by Crippen LogP contribution is 2.26. The number of guanidine groups is 1. The Labute approximate surface area is 209 Å². The Kier molecular flexibility index (Phi) is 11.1. The zero-order valence-electron chi connectivity index (χ0n) is 19.4. The lowest BCUT2D eigenvalue weighted by atomic mass is 9.97. The van der Waals surface area contributed by atoms with Crippen LogP contribution in [0.1, 0.15) is 37.8 Å². The van der Waals surface area contributed by atoms with E-state index in [9.17, 15) is 5.11 Å². The Hall–Kier alpha value is -2.00. The number of aliphatic imine (C=N–C) groups is 1. The summed E-state index contributed by atoms with van der Waals surface area (Å²) in [6.45, 7) is 8.01. The first-order valence-electron chi connectivity index (χ1n) is 11.3. The normalized spacial score (nSPS) is 19.2. The first kappa shape index (κ1) is 26.3. The van der Waals surface area contributed by atoms with Gasteiger partial charge in [-0.3, -0.25) is 9.89 Å². The zero-order chi connectivity index (χ0) is 22.1. The second kappa shape index (κ2) is 13.5. The Bertz CT molecular complexity index is 847. The Morgan fingerprint density at radius 3 is 2.66 bits per heavy atom. The predicted octanol–water partition coefficient (Wildman–Crippen LogP) is 4.17. The van der Waals surface area contributed by atoms with E-state index in [0.717, 1.165) is 50.4 Å². The molecule has 0 bridgehead atoms. The fourth-order valence-electron chi connectivity index (χ4n) is 4.09. The van der Waals surface area contributed by atoms with E-state index in [4.69, 9.17) is 9.73 Å². The summed E-state index contributed by atoms with van der Waals surface area (Å²) in [7, 11) is 1.57. The molecule has 0 radical (unpaired) electrons. The van der Waals surface area contributed by atoms with Crippen molar-refractivity contribution in [1.29, 1.82) is 0 Å². The summed E-state index contributed by atoms with van der Waals surface area (Å²) in [5.41, 5.74) is 2.47. The van der Waals surface area contributed by atoms with E-state index in [1.165, 1.54) is 5.56 Å². The molecule has 2 aromatic rings. The summed E-state index contributed by atoms with van der Waals surface area (Å²) in [4.78, 5) is 7.34. The van der Waals surface area contributed by atoms with Gasteiger partial charge in [0.05, 0.1) is 7.11 Å². The van der Waals surface area contributed by atoms with Gasteiger partial charge in [0.2, 0.25) is 0 Å². The molecule has 0 aliphatic carbocycles. The number of benzene rings is 2. The maximum Gasteiger partial charge on any atom is 0.191 e. The molecule has 0 aromatic heterocycles. The fraction of sp³-hybridized carbons (Fsp3) is 0.480. The SMILES string of the molecule is CCNC(=NCCc1ccc(O)c(OC)c1)NC1CCN(Cc2ccccc2)C(C)C1.I. The molecule has 1 heterocycles. The molecule has 6 nitrogen and oxygen atoms in total. The van der Waals surface area contributed by atoms with Crippen molar-refractivity contribution in [3.8, 4) is 11.5 Å². The molecule has 2 aromatic carbocycles. The molecule has 0 amide bonds. The number of halogens is 1. The molecular formula is C25H37IN4O2. The van der Waals surface area contributed by atoms with Crippen LogP contribution in [0.25, 0.3) is 0 Å². The van der Waals surface area contributed by atoms with Crippen LogP contribution in [0.15, 0.2) is 53.5 Å². The maximum atomic E-state index is 9.75. The smallest absolute Gasteiger partial charge is 0.191 e. The number of hydrogen-bond acceptors (Lipinski definition) is 4. The van der Waals surface area contributed by atoms with Crippen molar-refractivity contribution in [2.24, 2.45) is 4.99 Å². The lowest BCUT2D eigenvalue weighted by Gasteiger charge is -2.38. The van der Waals surface area contributed by atoms with Gasteiger partial charge in [0.1, 0.15) is 0 Å². The van der Waals surface area contributed by atoms with Gasteiger partial charge in [0, 0.05) is 38.3 Å². The number of ether oxygens (including phenoxy) is 1. The number of nitrogens with one attached hydrogen (secondary N) is 2. The molecule has 32 heavy (non-hydrogen) atoms. The molecule has 7 heteroatoms. The van der Waals surface area contributed by atoms with E-state index >= 15 is 0 Å². The third-order valence-electron chi connectivity index (χ3n) is 5.84. The van der Waals surface area contributed by atoms with E-state index < -0.39 is 0 Å². The molecule has 176 valence electrons. The van der Waals surface area contributed by atoms with Crippen molar-refractivity contribution in [3.05, 3.63) is 59.7 Å². The van der Waals surface area contributed by atoms with Crippen LogP contribution < -0.4 is 15.4 Å². The van der Waals surface area contributed by atoms with Crippen molar-refractivity contribution in [1.82, 2.24) is 15.5 Å². The first-order chi connectivity index (χ1) is 15.1. The van der Waals surface area contributed by atoms with Crippen molar-refractivity contribution in [2.75, 3.05) is 26.7 Å². The van der Waals surface area contributed by atoms with E-state index in [-0.39, 0.29) is 29.7 Å². The molecular weight excluding hydrogens is 515 g/mol. The van der Waals surface area contributed by atoms with Crippen LogP contribution in [-0.2, 0) is 13.0 Å². The lowest BCUT2D eigenvalue weighted by molar-refractivity contribution is 0.134. The zero-order valence-corrected chi connectivity index (χ0v) is 21.7. The number of phenolic OH excluding ortho intramolecular Hbond substituents is 1. The number of likely N-dealkylation sites (tertiary alicyclic amines) is 1. The van der Waals surface area contributed by atoms with E-state index in [2.05, 4.69) is 59.7 Å². The Morgan fingerprint density at radius 2 is 1.97 bits per heavy atom. The van der Waals surface area contributed by atoms with E-state index in [0.29, 0.717) is 24.4 Å². The van der Waals surface area contributed by atoms with Crippen LogP contribution in [0.5, 0.6) is 11.5 Å². The van der Waals surface area contributed by atoms with Crippen molar-refractivity contribution >= 4 is 29.9 Å². The van der Waals surface area contributed by atoms with Gasteiger partial charge in [-0.15, -0.1) is 24.0 Å². The highest BCUT2D eigenvalue weighted by molar-refractivity contribution is 14.0. The largest absolute Gasteiger partial charge is 0.504 e. The molecule has 2 unspecified atom stereocenters. The van der Waals surface area contributed by atoms with E-state index in [1.54, 1.807) is 13.2 Å². The average molecular weight is 553 g/mol. The summed E-state index contributed by atoms with van der Waals surface area (Å²) < 4.78 is 5.19. The molecule has 1 fully saturated rings. The molecule has 0 saturated carbocycles. The van der Waals surface area contributed by atoms with Gasteiger partial charge < -0.3 is 20.5 Å². The van der Waals surface area contributed by atoms with Crippen molar-refractivity contribution in [2.45, 2.75) is 51.7 Å². The Balaban J connectivity index is 0.00000363. The third-order valence-corrected chi connectivity index (χ3v) is 5.84. The molecule has 3 rings (SSSR count). The second-order valence-corrected chi connectivity index (χ2v) is 8.19. The van der Waals surface area contributed by atoms with Gasteiger partial charge in [-0.2, -0.15) is 0 Å². The second-order valence-electron chi connectivity index (χ2n) is 8.19. The first-order valence-corrected chi connectivity index (χ1v) is 11.3. The van der Waals surface area contributed by atoms with Crippen LogP contribution in [0.3, 0.4) is 0 Å². The highest BCUT2D eigenvalue weighted by atomic mass is 127. The minimum atomic E-state index is 0. The Morgan fingerprint density at radius 1 is 1.19 bits per heavy atom. The van der Waals surface area contributed by atoms with Crippen LogP contribution in [0, 0.1) is 0 Å². The number of nitrogens with zero attached hydrogens (tertiary/aromatic N) is 2. The van der Waals surface area contributed by atoms with Gasteiger partial charge in [-0.25, -0.2) is 0 Å². The molecule has 1 aliphatic heterocycles. The van der Waals surface area contributed by atoms with Crippen LogP contribution in [0.4, 0.5) is 0 Å². The van der Waals surface area contributed by atoms with Crippen molar-refractivity contribution < 1.29 is 9.84 Å². The summed E-state index contributed by atoms with van der Waals surface area (Å²) >= 11 is 0. The molecule has 2 atom stereocenters. The van der Waals surface area contributed by atoms with E-state index in [1.807, 2.05) is 12.1 Å².